The van der Waals surface area contributed by atoms with Gasteiger partial charge in [-0.25, -0.2) is 4.68 Å². The minimum Gasteiger partial charge on any atom is -0.258 e. The summed E-state index contributed by atoms with van der Waals surface area (Å²) in [5.41, 5.74) is 0.952. The zero-order valence-electron chi connectivity index (χ0n) is 10.2. The molecular weight excluding hydrogens is 266 g/mol. The first-order chi connectivity index (χ1) is 9.15. The number of nitro groups is 1. The van der Waals surface area contributed by atoms with Crippen LogP contribution in [0.1, 0.15) is 24.4 Å². The molecule has 2 aromatic rings. The molecule has 98 valence electrons. The molecule has 7 nitrogen and oxygen atoms in total. The smallest absolute Gasteiger partial charge is 0.258 e. The van der Waals surface area contributed by atoms with Crippen molar-refractivity contribution in [3.8, 4) is 0 Å². The molecule has 1 saturated carbocycles. The van der Waals surface area contributed by atoms with Gasteiger partial charge in [-0.05, 0) is 53.6 Å². The summed E-state index contributed by atoms with van der Waals surface area (Å²) >= 11 is 1.24. The number of hydrogen-bond acceptors (Lipinski definition) is 6. The average Bonchev–Trinajstić information content (AvgIpc) is 3.12. The number of aromatic nitrogens is 4. The second kappa shape index (κ2) is 4.61. The number of hydrogen-bond donors (Lipinski definition) is 0. The number of benzene rings is 1. The van der Waals surface area contributed by atoms with E-state index >= 15 is 0 Å². The topological polar surface area (TPSA) is 86.7 Å². The van der Waals surface area contributed by atoms with Gasteiger partial charge < -0.3 is 0 Å². The molecule has 0 saturated heterocycles. The fourth-order valence-electron chi connectivity index (χ4n) is 1.76. The monoisotopic (exact) mass is 277 g/mol. The van der Waals surface area contributed by atoms with Crippen LogP contribution < -0.4 is 0 Å². The molecule has 0 aliphatic heterocycles. The Bertz CT molecular complexity index is 638. The Balaban J connectivity index is 1.94. The second-order valence-electron chi connectivity index (χ2n) is 4.47. The largest absolute Gasteiger partial charge is 0.283 e. The van der Waals surface area contributed by atoms with Crippen LogP contribution in [0.2, 0.25) is 0 Å². The molecule has 1 aliphatic carbocycles. The van der Waals surface area contributed by atoms with Crippen LogP contribution in [-0.4, -0.2) is 25.1 Å². The number of rotatable bonds is 4. The molecule has 1 aromatic heterocycles. The molecule has 0 amide bonds. The quantitative estimate of drug-likeness (QED) is 0.630. The molecule has 1 aromatic carbocycles. The van der Waals surface area contributed by atoms with Crippen molar-refractivity contribution in [2.75, 3.05) is 0 Å². The molecule has 0 spiro atoms. The van der Waals surface area contributed by atoms with Gasteiger partial charge in [-0.15, -0.1) is 5.10 Å². The summed E-state index contributed by atoms with van der Waals surface area (Å²) in [6.45, 7) is 1.83. The Labute approximate surface area is 113 Å². The molecule has 0 radical (unpaired) electrons. The lowest BCUT2D eigenvalue weighted by atomic mass is 10.2. The maximum absolute atomic E-state index is 11.1. The van der Waals surface area contributed by atoms with Crippen LogP contribution in [0, 0.1) is 17.0 Å². The summed E-state index contributed by atoms with van der Waals surface area (Å²) in [5, 5.41) is 23.2. The van der Waals surface area contributed by atoms with E-state index in [9.17, 15) is 10.1 Å². The summed E-state index contributed by atoms with van der Waals surface area (Å²) in [5.74, 6) is 0. The van der Waals surface area contributed by atoms with E-state index in [-0.39, 0.29) is 10.6 Å². The van der Waals surface area contributed by atoms with Crippen molar-refractivity contribution in [2.24, 2.45) is 0 Å². The fourth-order valence-corrected chi connectivity index (χ4v) is 2.68. The Kier molecular flexibility index (Phi) is 2.94. The SMILES string of the molecule is Cc1ccc(Sc2nnnn2C2CC2)c([N+](=O)[O-])c1. The Morgan fingerprint density at radius 1 is 1.47 bits per heavy atom. The Morgan fingerprint density at radius 3 is 2.95 bits per heavy atom. The molecule has 0 N–H and O–H groups in total. The van der Waals surface area contributed by atoms with Crippen molar-refractivity contribution in [3.63, 3.8) is 0 Å². The highest BCUT2D eigenvalue weighted by molar-refractivity contribution is 7.99. The van der Waals surface area contributed by atoms with E-state index in [1.807, 2.05) is 13.0 Å². The first-order valence-corrected chi connectivity index (χ1v) is 6.67. The molecule has 0 unspecified atom stereocenters. The van der Waals surface area contributed by atoms with Crippen LogP contribution in [-0.2, 0) is 0 Å². The van der Waals surface area contributed by atoms with E-state index in [1.54, 1.807) is 16.8 Å². The minimum absolute atomic E-state index is 0.0929. The molecule has 1 fully saturated rings. The molecule has 3 rings (SSSR count). The fraction of sp³-hybridized carbons (Fsp3) is 0.364. The highest BCUT2D eigenvalue weighted by atomic mass is 32.2. The molecule has 19 heavy (non-hydrogen) atoms. The predicted molar refractivity (Wildman–Crippen MR) is 68.0 cm³/mol. The van der Waals surface area contributed by atoms with Crippen LogP contribution in [0.25, 0.3) is 0 Å². The lowest BCUT2D eigenvalue weighted by Gasteiger charge is -2.04. The standard InChI is InChI=1S/C11H11N5O2S/c1-7-2-5-10(9(6-7)16(17)18)19-11-12-13-14-15(11)8-3-4-8/h2,5-6,8H,3-4H2,1H3. The lowest BCUT2D eigenvalue weighted by molar-refractivity contribution is -0.387. The van der Waals surface area contributed by atoms with Gasteiger partial charge >= 0.3 is 0 Å². The average molecular weight is 277 g/mol. The van der Waals surface area contributed by atoms with Gasteiger partial charge in [0, 0.05) is 6.07 Å². The second-order valence-corrected chi connectivity index (χ2v) is 5.48. The van der Waals surface area contributed by atoms with Crippen molar-refractivity contribution in [2.45, 2.75) is 35.9 Å². The van der Waals surface area contributed by atoms with Crippen LogP contribution >= 0.6 is 11.8 Å². The third-order valence-corrected chi connectivity index (χ3v) is 3.88. The van der Waals surface area contributed by atoms with Gasteiger partial charge in [-0.3, -0.25) is 10.1 Å². The van der Waals surface area contributed by atoms with Crippen LogP contribution in [0.3, 0.4) is 0 Å². The molecule has 0 atom stereocenters. The van der Waals surface area contributed by atoms with Gasteiger partial charge in [0.2, 0.25) is 5.16 Å². The van der Waals surface area contributed by atoms with E-state index < -0.39 is 0 Å². The predicted octanol–water partition coefficient (Wildman–Crippen LogP) is 2.38. The van der Waals surface area contributed by atoms with Crippen molar-refractivity contribution in [1.82, 2.24) is 20.2 Å². The summed E-state index contributed by atoms with van der Waals surface area (Å²) in [7, 11) is 0. The van der Waals surface area contributed by atoms with E-state index in [2.05, 4.69) is 15.5 Å². The van der Waals surface area contributed by atoms with Crippen LogP contribution in [0.5, 0.6) is 0 Å². The van der Waals surface area contributed by atoms with Crippen LogP contribution in [0.4, 0.5) is 5.69 Å². The summed E-state index contributed by atoms with van der Waals surface area (Å²) in [6.07, 6.45) is 2.13. The lowest BCUT2D eigenvalue weighted by Crippen LogP contribution is -1.99. The van der Waals surface area contributed by atoms with Crippen LogP contribution in [0.15, 0.2) is 28.3 Å². The van der Waals surface area contributed by atoms with Gasteiger partial charge in [0.1, 0.15) is 0 Å². The molecular formula is C11H11N5O2S. The summed E-state index contributed by atoms with van der Waals surface area (Å²) in [4.78, 5) is 11.3. The first kappa shape index (κ1) is 12.1. The highest BCUT2D eigenvalue weighted by Gasteiger charge is 2.29. The van der Waals surface area contributed by atoms with Gasteiger partial charge in [0.15, 0.2) is 0 Å². The van der Waals surface area contributed by atoms with Gasteiger partial charge in [-0.1, -0.05) is 6.07 Å². The Hall–Kier alpha value is -1.96. The van der Waals surface area contributed by atoms with Gasteiger partial charge in [0.05, 0.1) is 15.9 Å². The number of aryl methyl sites for hydroxylation is 1. The van der Waals surface area contributed by atoms with E-state index in [1.165, 1.54) is 11.8 Å². The van der Waals surface area contributed by atoms with E-state index in [0.29, 0.717) is 16.1 Å². The normalized spacial score (nSPS) is 14.6. The minimum atomic E-state index is -0.374. The number of nitro benzene ring substituents is 1. The third-order valence-electron chi connectivity index (χ3n) is 2.87. The van der Waals surface area contributed by atoms with Gasteiger partial charge in [-0.2, -0.15) is 0 Å². The van der Waals surface area contributed by atoms with Crippen molar-refractivity contribution >= 4 is 17.4 Å². The maximum atomic E-state index is 11.1. The van der Waals surface area contributed by atoms with E-state index in [4.69, 9.17) is 0 Å². The highest BCUT2D eigenvalue weighted by Crippen LogP contribution is 2.40. The third kappa shape index (κ3) is 2.43. The molecule has 0 bridgehead atoms. The first-order valence-electron chi connectivity index (χ1n) is 5.86. The van der Waals surface area contributed by atoms with E-state index in [0.717, 1.165) is 18.4 Å². The molecule has 1 aliphatic rings. The zero-order valence-corrected chi connectivity index (χ0v) is 11.0. The summed E-state index contributed by atoms with van der Waals surface area (Å²) in [6, 6.07) is 5.50. The van der Waals surface area contributed by atoms with Crippen molar-refractivity contribution in [1.29, 1.82) is 0 Å². The summed E-state index contributed by atoms with van der Waals surface area (Å²) < 4.78 is 1.74. The Morgan fingerprint density at radius 2 is 2.26 bits per heavy atom. The number of tetrazole rings is 1. The zero-order chi connectivity index (χ0) is 13.4. The molecule has 1 heterocycles. The maximum Gasteiger partial charge on any atom is 0.283 e. The van der Waals surface area contributed by atoms with Crippen molar-refractivity contribution < 1.29 is 4.92 Å². The van der Waals surface area contributed by atoms with Gasteiger partial charge in [0.25, 0.3) is 5.69 Å². The molecule has 8 heteroatoms. The number of nitrogens with zero attached hydrogens (tertiary/aromatic N) is 5. The van der Waals surface area contributed by atoms with Crippen molar-refractivity contribution in [3.05, 3.63) is 33.9 Å².